The van der Waals surface area contributed by atoms with Gasteiger partial charge in [0.2, 0.25) is 5.91 Å². The molecule has 0 bridgehead atoms. The van der Waals surface area contributed by atoms with Crippen LogP contribution in [0.3, 0.4) is 0 Å². The number of aromatic nitrogens is 2. The van der Waals surface area contributed by atoms with Gasteiger partial charge in [0.25, 0.3) is 11.2 Å². The highest BCUT2D eigenvalue weighted by Gasteiger charge is 2.25. The van der Waals surface area contributed by atoms with Gasteiger partial charge in [-0.3, -0.25) is 24.3 Å². The monoisotopic (exact) mass is 472 g/mol. The van der Waals surface area contributed by atoms with Gasteiger partial charge >= 0.3 is 0 Å². The predicted octanol–water partition coefficient (Wildman–Crippen LogP) is 4.37. The van der Waals surface area contributed by atoms with Crippen LogP contribution < -0.4 is 10.5 Å². The van der Waals surface area contributed by atoms with E-state index in [1.165, 1.54) is 22.4 Å². The van der Waals surface area contributed by atoms with E-state index >= 15 is 0 Å². The molecule has 0 spiro atoms. The number of anilines is 1. The largest absolute Gasteiger partial charge is 0.311 e. The zero-order valence-electron chi connectivity index (χ0n) is 18.1. The number of benzene rings is 3. The zero-order valence-corrected chi connectivity index (χ0v) is 18.9. The average Bonchev–Trinajstić information content (AvgIpc) is 2.87. The Morgan fingerprint density at radius 3 is 2.62 bits per heavy atom. The summed E-state index contributed by atoms with van der Waals surface area (Å²) in [6.07, 6.45) is 1.42. The maximum absolute atomic E-state index is 13.3. The number of carbonyl (C=O) groups is 1. The summed E-state index contributed by atoms with van der Waals surface area (Å²) < 4.78 is 1.54. The smallest absolute Gasteiger partial charge is 0.269 e. The molecule has 170 valence electrons. The van der Waals surface area contributed by atoms with Gasteiger partial charge in [0, 0.05) is 24.4 Å². The van der Waals surface area contributed by atoms with E-state index < -0.39 is 4.92 Å². The molecule has 0 aliphatic carbocycles. The number of nitrogens with zero attached hydrogens (tertiary/aromatic N) is 4. The van der Waals surface area contributed by atoms with E-state index in [4.69, 9.17) is 0 Å². The molecule has 0 unspecified atom stereocenters. The highest BCUT2D eigenvalue weighted by Crippen LogP contribution is 2.31. The first-order valence-electron chi connectivity index (χ1n) is 10.8. The van der Waals surface area contributed by atoms with E-state index in [9.17, 15) is 19.7 Å². The van der Waals surface area contributed by atoms with Crippen molar-refractivity contribution < 1.29 is 9.72 Å². The zero-order chi connectivity index (χ0) is 23.7. The molecule has 0 radical (unpaired) electrons. The third-order valence-corrected chi connectivity index (χ3v) is 6.70. The van der Waals surface area contributed by atoms with E-state index in [0.29, 0.717) is 40.4 Å². The molecule has 8 nitrogen and oxygen atoms in total. The maximum atomic E-state index is 13.3. The van der Waals surface area contributed by atoms with Crippen molar-refractivity contribution in [1.82, 2.24) is 9.55 Å². The molecule has 0 saturated heterocycles. The standard InChI is InChI=1S/C25H20N4O4S/c30-23(27-14-6-7-17-15-19(29(32)33)12-13-22(17)27)16-34-25-26-21-11-5-4-10-20(21)24(31)28(25)18-8-2-1-3-9-18/h1-5,8-13,15H,6-7,14,16H2. The number of amides is 1. The third kappa shape index (κ3) is 4.06. The molecular formula is C25H20N4O4S. The molecule has 3 aromatic carbocycles. The van der Waals surface area contributed by atoms with E-state index in [0.717, 1.165) is 12.0 Å². The van der Waals surface area contributed by atoms with Crippen LogP contribution in [0.4, 0.5) is 11.4 Å². The number of para-hydroxylation sites is 2. The summed E-state index contributed by atoms with van der Waals surface area (Å²) in [5.74, 6) is -0.0598. The first-order valence-corrected chi connectivity index (χ1v) is 11.8. The van der Waals surface area contributed by atoms with Crippen LogP contribution in [0.15, 0.2) is 82.7 Å². The number of nitro benzene ring substituents is 1. The van der Waals surface area contributed by atoms with Crippen LogP contribution in [0.5, 0.6) is 0 Å². The molecule has 4 aromatic rings. The lowest BCUT2D eigenvalue weighted by molar-refractivity contribution is -0.384. The number of aryl methyl sites for hydroxylation is 1. The van der Waals surface area contributed by atoms with Crippen molar-refractivity contribution in [3.05, 3.63) is 98.8 Å². The highest BCUT2D eigenvalue weighted by atomic mass is 32.2. The van der Waals surface area contributed by atoms with Crippen LogP contribution in [-0.2, 0) is 11.2 Å². The molecule has 0 N–H and O–H groups in total. The number of carbonyl (C=O) groups excluding carboxylic acids is 1. The molecule has 1 aliphatic heterocycles. The second-order valence-corrected chi connectivity index (χ2v) is 8.84. The normalized spacial score (nSPS) is 13.0. The van der Waals surface area contributed by atoms with Gasteiger partial charge in [-0.1, -0.05) is 42.1 Å². The fraction of sp³-hybridized carbons (Fsp3) is 0.160. The van der Waals surface area contributed by atoms with E-state index in [2.05, 4.69) is 4.98 Å². The minimum Gasteiger partial charge on any atom is -0.311 e. The van der Waals surface area contributed by atoms with Crippen molar-refractivity contribution in [2.45, 2.75) is 18.0 Å². The van der Waals surface area contributed by atoms with Crippen molar-refractivity contribution >= 4 is 39.9 Å². The summed E-state index contributed by atoms with van der Waals surface area (Å²) in [5.41, 5.74) is 2.58. The maximum Gasteiger partial charge on any atom is 0.269 e. The fourth-order valence-electron chi connectivity index (χ4n) is 4.17. The molecule has 1 aliphatic rings. The van der Waals surface area contributed by atoms with Gasteiger partial charge in [-0.25, -0.2) is 4.98 Å². The van der Waals surface area contributed by atoms with Crippen molar-refractivity contribution in [1.29, 1.82) is 0 Å². The van der Waals surface area contributed by atoms with Gasteiger partial charge in [0.05, 0.1) is 27.3 Å². The Balaban J connectivity index is 1.47. The molecule has 1 amide bonds. The van der Waals surface area contributed by atoms with Crippen LogP contribution in [-0.4, -0.2) is 32.7 Å². The first-order chi connectivity index (χ1) is 16.5. The Morgan fingerprint density at radius 1 is 1.06 bits per heavy atom. The highest BCUT2D eigenvalue weighted by molar-refractivity contribution is 7.99. The molecular weight excluding hydrogens is 452 g/mol. The summed E-state index contributed by atoms with van der Waals surface area (Å²) in [6, 6.07) is 21.0. The van der Waals surface area contributed by atoms with Gasteiger partial charge in [-0.2, -0.15) is 0 Å². The van der Waals surface area contributed by atoms with Gasteiger partial charge in [-0.15, -0.1) is 0 Å². The molecule has 9 heteroatoms. The molecule has 34 heavy (non-hydrogen) atoms. The molecule has 0 saturated carbocycles. The average molecular weight is 473 g/mol. The lowest BCUT2D eigenvalue weighted by atomic mass is 10.0. The third-order valence-electron chi connectivity index (χ3n) is 5.78. The van der Waals surface area contributed by atoms with Gasteiger partial charge in [0.1, 0.15) is 0 Å². The minimum atomic E-state index is -0.425. The molecule has 0 fully saturated rings. The minimum absolute atomic E-state index is 0.0228. The second kappa shape index (κ2) is 9.11. The number of hydrogen-bond donors (Lipinski definition) is 0. The number of thioether (sulfide) groups is 1. The Hall–Kier alpha value is -3.98. The molecule has 1 aromatic heterocycles. The Morgan fingerprint density at radius 2 is 1.82 bits per heavy atom. The topological polar surface area (TPSA) is 98.3 Å². The van der Waals surface area contributed by atoms with Crippen molar-refractivity contribution in [2.75, 3.05) is 17.2 Å². The first kappa shape index (κ1) is 21.8. The lowest BCUT2D eigenvalue weighted by Gasteiger charge is -2.29. The number of nitro groups is 1. The Kier molecular flexibility index (Phi) is 5.85. The van der Waals surface area contributed by atoms with E-state index in [1.54, 1.807) is 35.2 Å². The van der Waals surface area contributed by atoms with Crippen molar-refractivity contribution in [2.24, 2.45) is 0 Å². The van der Waals surface area contributed by atoms with Crippen LogP contribution in [0.1, 0.15) is 12.0 Å². The number of non-ortho nitro benzene ring substituents is 1. The molecule has 2 heterocycles. The van der Waals surface area contributed by atoms with Crippen LogP contribution >= 0.6 is 11.8 Å². The van der Waals surface area contributed by atoms with Gasteiger partial charge < -0.3 is 4.90 Å². The molecule has 0 atom stereocenters. The van der Waals surface area contributed by atoms with Gasteiger partial charge in [0.15, 0.2) is 5.16 Å². The van der Waals surface area contributed by atoms with Crippen molar-refractivity contribution in [3.63, 3.8) is 0 Å². The number of fused-ring (bicyclic) bond motifs is 2. The summed E-state index contributed by atoms with van der Waals surface area (Å²) in [4.78, 5) is 43.6. The Bertz CT molecular complexity index is 1470. The summed E-state index contributed by atoms with van der Waals surface area (Å²) in [6.45, 7) is 0.543. The van der Waals surface area contributed by atoms with E-state index in [-0.39, 0.29) is 22.9 Å². The number of hydrogen-bond acceptors (Lipinski definition) is 6. The van der Waals surface area contributed by atoms with Crippen LogP contribution in [0, 0.1) is 10.1 Å². The second-order valence-electron chi connectivity index (χ2n) is 7.90. The SMILES string of the molecule is O=C(CSc1nc2ccccc2c(=O)n1-c1ccccc1)N1CCCc2cc([N+](=O)[O-])ccc21. The lowest BCUT2D eigenvalue weighted by Crippen LogP contribution is -2.36. The number of rotatable bonds is 5. The predicted molar refractivity (Wildman–Crippen MR) is 132 cm³/mol. The summed E-state index contributed by atoms with van der Waals surface area (Å²) in [7, 11) is 0. The quantitative estimate of drug-likeness (QED) is 0.185. The van der Waals surface area contributed by atoms with Crippen molar-refractivity contribution in [3.8, 4) is 5.69 Å². The van der Waals surface area contributed by atoms with Crippen LogP contribution in [0.25, 0.3) is 16.6 Å². The molecule has 5 rings (SSSR count). The summed E-state index contributed by atoms with van der Waals surface area (Å²) in [5, 5.41) is 12.1. The van der Waals surface area contributed by atoms with Gasteiger partial charge in [-0.05, 0) is 48.7 Å². The summed E-state index contributed by atoms with van der Waals surface area (Å²) >= 11 is 1.21. The van der Waals surface area contributed by atoms with E-state index in [1.807, 2.05) is 36.4 Å². The van der Waals surface area contributed by atoms with Crippen LogP contribution in [0.2, 0.25) is 0 Å². The Labute approximate surface area is 199 Å². The fourth-order valence-corrected chi connectivity index (χ4v) is 5.06.